The average Bonchev–Trinajstić information content (AvgIpc) is 3.06. The Morgan fingerprint density at radius 2 is 1.42 bits per heavy atom. The first-order valence-electron chi connectivity index (χ1n) is 8.39. The minimum atomic E-state index is 0.443. The Labute approximate surface area is 149 Å². The van der Waals surface area contributed by atoms with Gasteiger partial charge in [0.15, 0.2) is 5.82 Å². The smallest absolute Gasteiger partial charge is 0.162 e. The van der Waals surface area contributed by atoms with Crippen molar-refractivity contribution in [2.45, 2.75) is 0 Å². The third-order valence-electron chi connectivity index (χ3n) is 4.45. The van der Waals surface area contributed by atoms with Gasteiger partial charge in [-0.2, -0.15) is 0 Å². The lowest BCUT2D eigenvalue weighted by molar-refractivity contribution is 0.669. The molecular formula is C22H15N3O. The van der Waals surface area contributed by atoms with Gasteiger partial charge in [0.1, 0.15) is 17.0 Å². The Balaban J connectivity index is 1.67. The number of hydrogen-bond donors (Lipinski definition) is 1. The number of fused-ring (bicyclic) bond motifs is 3. The van der Waals surface area contributed by atoms with Crippen LogP contribution in [0.4, 0.5) is 5.82 Å². The lowest BCUT2D eigenvalue weighted by Gasteiger charge is -2.06. The summed E-state index contributed by atoms with van der Waals surface area (Å²) in [6.07, 6.45) is 0. The van der Waals surface area contributed by atoms with Crippen LogP contribution in [0.1, 0.15) is 0 Å². The van der Waals surface area contributed by atoms with Crippen molar-refractivity contribution in [3.63, 3.8) is 0 Å². The first kappa shape index (κ1) is 14.7. The van der Waals surface area contributed by atoms with E-state index in [4.69, 9.17) is 15.1 Å². The normalized spacial score (nSPS) is 11.2. The Morgan fingerprint density at radius 1 is 0.654 bits per heavy atom. The highest BCUT2D eigenvalue weighted by Gasteiger charge is 2.11. The molecule has 3 aromatic carbocycles. The van der Waals surface area contributed by atoms with Crippen molar-refractivity contribution in [2.75, 3.05) is 5.73 Å². The standard InChI is InChI=1S/C22H15N3O/c23-21-13-18(14-6-2-1-3-7-14)24-22(25-21)15-10-11-17-16-8-4-5-9-19(16)26-20(17)12-15/h1-13H,(H2,23,24,25). The van der Waals surface area contributed by atoms with Gasteiger partial charge in [0, 0.05) is 28.0 Å². The summed E-state index contributed by atoms with van der Waals surface area (Å²) in [6, 6.07) is 25.8. The number of aromatic nitrogens is 2. The summed E-state index contributed by atoms with van der Waals surface area (Å²) in [4.78, 5) is 9.12. The zero-order chi connectivity index (χ0) is 17.5. The van der Waals surface area contributed by atoms with E-state index in [0.29, 0.717) is 11.6 Å². The second kappa shape index (κ2) is 5.70. The molecular weight excluding hydrogens is 322 g/mol. The maximum Gasteiger partial charge on any atom is 0.162 e. The molecule has 0 spiro atoms. The van der Waals surface area contributed by atoms with E-state index in [1.54, 1.807) is 6.07 Å². The van der Waals surface area contributed by atoms with Crippen LogP contribution in [0.25, 0.3) is 44.6 Å². The lowest BCUT2D eigenvalue weighted by atomic mass is 10.1. The predicted octanol–water partition coefficient (Wildman–Crippen LogP) is 5.29. The minimum Gasteiger partial charge on any atom is -0.456 e. The SMILES string of the molecule is Nc1cc(-c2ccccc2)nc(-c2ccc3c(c2)oc2ccccc23)n1. The van der Waals surface area contributed by atoms with E-state index in [1.807, 2.05) is 66.7 Å². The van der Waals surface area contributed by atoms with E-state index in [2.05, 4.69) is 11.1 Å². The summed E-state index contributed by atoms with van der Waals surface area (Å²) in [5.74, 6) is 1.03. The van der Waals surface area contributed by atoms with Gasteiger partial charge in [-0.15, -0.1) is 0 Å². The van der Waals surface area contributed by atoms with Crippen molar-refractivity contribution >= 4 is 27.8 Å². The summed E-state index contributed by atoms with van der Waals surface area (Å²) >= 11 is 0. The molecule has 2 N–H and O–H groups in total. The van der Waals surface area contributed by atoms with Crippen LogP contribution in [0.5, 0.6) is 0 Å². The van der Waals surface area contributed by atoms with Crippen molar-refractivity contribution in [3.8, 4) is 22.6 Å². The molecule has 0 radical (unpaired) electrons. The van der Waals surface area contributed by atoms with Gasteiger partial charge < -0.3 is 10.2 Å². The van der Waals surface area contributed by atoms with Gasteiger partial charge in [-0.05, 0) is 18.2 Å². The van der Waals surface area contributed by atoms with Crippen LogP contribution >= 0.6 is 0 Å². The van der Waals surface area contributed by atoms with Crippen LogP contribution in [-0.4, -0.2) is 9.97 Å². The van der Waals surface area contributed by atoms with E-state index in [-0.39, 0.29) is 0 Å². The van der Waals surface area contributed by atoms with Gasteiger partial charge in [0.05, 0.1) is 5.69 Å². The molecule has 5 aromatic rings. The van der Waals surface area contributed by atoms with Crippen molar-refractivity contribution in [2.24, 2.45) is 0 Å². The summed E-state index contributed by atoms with van der Waals surface area (Å²) in [5, 5.41) is 2.18. The average molecular weight is 337 g/mol. The molecule has 0 atom stereocenters. The number of nitrogens with zero attached hydrogens (tertiary/aromatic N) is 2. The molecule has 26 heavy (non-hydrogen) atoms. The molecule has 0 aliphatic carbocycles. The first-order valence-corrected chi connectivity index (χ1v) is 8.39. The van der Waals surface area contributed by atoms with E-state index in [0.717, 1.165) is 38.8 Å². The second-order valence-corrected chi connectivity index (χ2v) is 6.18. The molecule has 5 rings (SSSR count). The third kappa shape index (κ3) is 2.40. The number of furan rings is 1. The Hall–Kier alpha value is -3.66. The summed E-state index contributed by atoms with van der Waals surface area (Å²) in [5.41, 5.74) is 10.4. The number of para-hydroxylation sites is 1. The Morgan fingerprint density at radius 3 is 2.31 bits per heavy atom. The molecule has 4 heteroatoms. The third-order valence-corrected chi connectivity index (χ3v) is 4.45. The Kier molecular flexibility index (Phi) is 3.22. The molecule has 0 bridgehead atoms. The molecule has 0 fully saturated rings. The quantitative estimate of drug-likeness (QED) is 0.475. The van der Waals surface area contributed by atoms with Crippen LogP contribution in [0, 0.1) is 0 Å². The molecule has 0 unspecified atom stereocenters. The van der Waals surface area contributed by atoms with Gasteiger partial charge >= 0.3 is 0 Å². The van der Waals surface area contributed by atoms with Crippen molar-refractivity contribution in [3.05, 3.63) is 78.9 Å². The molecule has 0 saturated carbocycles. The molecule has 4 nitrogen and oxygen atoms in total. The van der Waals surface area contributed by atoms with Gasteiger partial charge in [0.25, 0.3) is 0 Å². The molecule has 2 heterocycles. The fourth-order valence-electron chi connectivity index (χ4n) is 3.22. The van der Waals surface area contributed by atoms with Crippen LogP contribution in [0.15, 0.2) is 83.3 Å². The van der Waals surface area contributed by atoms with Crippen molar-refractivity contribution in [1.29, 1.82) is 0 Å². The molecule has 0 saturated heterocycles. The number of benzene rings is 3. The fraction of sp³-hybridized carbons (Fsp3) is 0. The number of hydrogen-bond acceptors (Lipinski definition) is 4. The Bertz CT molecular complexity index is 1240. The van der Waals surface area contributed by atoms with Crippen molar-refractivity contribution in [1.82, 2.24) is 9.97 Å². The van der Waals surface area contributed by atoms with Gasteiger partial charge in [0.2, 0.25) is 0 Å². The van der Waals surface area contributed by atoms with E-state index < -0.39 is 0 Å². The van der Waals surface area contributed by atoms with Crippen LogP contribution in [0.2, 0.25) is 0 Å². The summed E-state index contributed by atoms with van der Waals surface area (Å²) in [7, 11) is 0. The minimum absolute atomic E-state index is 0.443. The molecule has 124 valence electrons. The number of nitrogen functional groups attached to an aromatic ring is 1. The highest BCUT2D eigenvalue weighted by molar-refractivity contribution is 6.05. The molecule has 2 aromatic heterocycles. The number of nitrogens with two attached hydrogens (primary N) is 1. The highest BCUT2D eigenvalue weighted by Crippen LogP contribution is 2.32. The number of rotatable bonds is 2. The lowest BCUT2D eigenvalue weighted by Crippen LogP contribution is -1.97. The van der Waals surface area contributed by atoms with Crippen LogP contribution in [-0.2, 0) is 0 Å². The topological polar surface area (TPSA) is 64.9 Å². The van der Waals surface area contributed by atoms with Gasteiger partial charge in [-0.1, -0.05) is 54.6 Å². The maximum atomic E-state index is 6.03. The predicted molar refractivity (Wildman–Crippen MR) is 105 cm³/mol. The first-order chi connectivity index (χ1) is 12.8. The summed E-state index contributed by atoms with van der Waals surface area (Å²) < 4.78 is 5.97. The zero-order valence-electron chi connectivity index (χ0n) is 13.9. The number of anilines is 1. The van der Waals surface area contributed by atoms with Crippen LogP contribution in [0.3, 0.4) is 0 Å². The van der Waals surface area contributed by atoms with Gasteiger partial charge in [-0.3, -0.25) is 0 Å². The van der Waals surface area contributed by atoms with Crippen LogP contribution < -0.4 is 5.73 Å². The highest BCUT2D eigenvalue weighted by atomic mass is 16.3. The second-order valence-electron chi connectivity index (χ2n) is 6.18. The molecule has 0 amide bonds. The van der Waals surface area contributed by atoms with Gasteiger partial charge in [-0.25, -0.2) is 9.97 Å². The molecule has 0 aliphatic rings. The summed E-state index contributed by atoms with van der Waals surface area (Å²) in [6.45, 7) is 0. The van der Waals surface area contributed by atoms with E-state index in [1.165, 1.54) is 0 Å². The largest absolute Gasteiger partial charge is 0.456 e. The van der Waals surface area contributed by atoms with E-state index in [9.17, 15) is 0 Å². The van der Waals surface area contributed by atoms with E-state index >= 15 is 0 Å². The fourth-order valence-corrected chi connectivity index (χ4v) is 3.22. The maximum absolute atomic E-state index is 6.03. The van der Waals surface area contributed by atoms with Crippen molar-refractivity contribution < 1.29 is 4.42 Å². The monoisotopic (exact) mass is 337 g/mol. The molecule has 0 aliphatic heterocycles. The zero-order valence-corrected chi connectivity index (χ0v) is 13.9.